The van der Waals surface area contributed by atoms with Crippen LogP contribution in [-0.4, -0.2) is 35.5 Å². The Labute approximate surface area is 175 Å². The van der Waals surface area contributed by atoms with Gasteiger partial charge >= 0.3 is 6.09 Å². The molecular formula is C22H26N2O6. The summed E-state index contributed by atoms with van der Waals surface area (Å²) in [6, 6.07) is 15.8. The first-order valence-electron chi connectivity index (χ1n) is 9.35. The standard InChI is InChI=1S/C22H26N2O6/c1-22(2,12-11-19(26)24-28)20(16-7-6-10-18(15-16)29-14-13-25)30-21(27)23-17-8-4-3-5-9-17/h3-12,15,20,25,28H,13-14H2,1-2H3,(H,23,27)(H,24,26)/b12-11+/t20-/m1/s1. The second-order valence-electron chi connectivity index (χ2n) is 7.05. The summed E-state index contributed by atoms with van der Waals surface area (Å²) in [6.45, 7) is 3.57. The fraction of sp³-hybridized carbons (Fsp3) is 0.273. The molecule has 0 fully saturated rings. The molecule has 2 amide bonds. The first kappa shape index (κ1) is 22.9. The number of carbonyl (C=O) groups excluding carboxylic acids is 2. The quantitative estimate of drug-likeness (QED) is 0.284. The molecule has 4 N–H and O–H groups in total. The highest BCUT2D eigenvalue weighted by molar-refractivity contribution is 5.86. The van der Waals surface area contributed by atoms with Crippen LogP contribution in [0.3, 0.4) is 0 Å². The summed E-state index contributed by atoms with van der Waals surface area (Å²) < 4.78 is 11.2. The van der Waals surface area contributed by atoms with E-state index in [9.17, 15) is 9.59 Å². The summed E-state index contributed by atoms with van der Waals surface area (Å²) in [5, 5.41) is 20.4. The van der Waals surface area contributed by atoms with Gasteiger partial charge in [0.25, 0.3) is 5.91 Å². The number of ether oxygens (including phenoxy) is 2. The maximum Gasteiger partial charge on any atom is 0.412 e. The van der Waals surface area contributed by atoms with Crippen LogP contribution in [0, 0.1) is 5.41 Å². The van der Waals surface area contributed by atoms with Crippen molar-refractivity contribution < 1.29 is 29.4 Å². The summed E-state index contributed by atoms with van der Waals surface area (Å²) in [5.74, 6) is -0.193. The fourth-order valence-electron chi connectivity index (χ4n) is 2.77. The number of nitrogens with one attached hydrogen (secondary N) is 2. The number of hydroxylamine groups is 1. The molecule has 0 aliphatic heterocycles. The van der Waals surface area contributed by atoms with E-state index in [2.05, 4.69) is 5.32 Å². The minimum absolute atomic E-state index is 0.128. The van der Waals surface area contributed by atoms with E-state index >= 15 is 0 Å². The number of carbonyl (C=O) groups is 2. The molecule has 2 rings (SSSR count). The van der Waals surface area contributed by atoms with E-state index in [1.807, 2.05) is 6.07 Å². The third-order valence-electron chi connectivity index (χ3n) is 4.22. The van der Waals surface area contributed by atoms with E-state index in [4.69, 9.17) is 19.8 Å². The molecule has 0 aromatic heterocycles. The molecule has 1 atom stereocenters. The van der Waals surface area contributed by atoms with Crippen LogP contribution in [0.5, 0.6) is 5.75 Å². The molecule has 0 unspecified atom stereocenters. The molecule has 0 aliphatic carbocycles. The maximum absolute atomic E-state index is 12.6. The Hall–Kier alpha value is -3.36. The predicted octanol–water partition coefficient (Wildman–Crippen LogP) is 3.44. The average molecular weight is 414 g/mol. The molecule has 8 heteroatoms. The third-order valence-corrected chi connectivity index (χ3v) is 4.22. The van der Waals surface area contributed by atoms with Crippen LogP contribution in [-0.2, 0) is 9.53 Å². The molecule has 8 nitrogen and oxygen atoms in total. The van der Waals surface area contributed by atoms with Crippen LogP contribution < -0.4 is 15.5 Å². The van der Waals surface area contributed by atoms with Crippen LogP contribution in [0.1, 0.15) is 25.5 Å². The van der Waals surface area contributed by atoms with E-state index in [0.717, 1.165) is 6.08 Å². The predicted molar refractivity (Wildman–Crippen MR) is 111 cm³/mol. The van der Waals surface area contributed by atoms with E-state index < -0.39 is 23.5 Å². The zero-order valence-corrected chi connectivity index (χ0v) is 16.9. The van der Waals surface area contributed by atoms with E-state index in [1.54, 1.807) is 68.5 Å². The zero-order chi connectivity index (χ0) is 22.0. The lowest BCUT2D eigenvalue weighted by molar-refractivity contribution is -0.124. The Bertz CT molecular complexity index is 867. The Kier molecular flexibility index (Phi) is 8.40. The van der Waals surface area contributed by atoms with Crippen molar-refractivity contribution in [2.24, 2.45) is 5.41 Å². The fourth-order valence-corrected chi connectivity index (χ4v) is 2.77. The highest BCUT2D eigenvalue weighted by Gasteiger charge is 2.33. The van der Waals surface area contributed by atoms with Gasteiger partial charge in [0.15, 0.2) is 0 Å². The number of benzene rings is 2. The van der Waals surface area contributed by atoms with Crippen molar-refractivity contribution in [3.05, 3.63) is 72.3 Å². The largest absolute Gasteiger partial charge is 0.491 e. The van der Waals surface area contributed by atoms with Gasteiger partial charge < -0.3 is 14.6 Å². The SMILES string of the molecule is CC(C)(/C=C/C(=O)NO)[C@H](OC(=O)Nc1ccccc1)c1cccc(OCCO)c1. The van der Waals surface area contributed by atoms with Crippen molar-refractivity contribution in [2.75, 3.05) is 18.5 Å². The Balaban J connectivity index is 2.30. The molecule has 0 heterocycles. The van der Waals surface area contributed by atoms with E-state index in [-0.39, 0.29) is 13.2 Å². The van der Waals surface area contributed by atoms with Gasteiger partial charge in [0.2, 0.25) is 0 Å². The van der Waals surface area contributed by atoms with Gasteiger partial charge in [-0.05, 0) is 29.8 Å². The van der Waals surface area contributed by atoms with Crippen molar-refractivity contribution in [3.63, 3.8) is 0 Å². The number of para-hydroxylation sites is 1. The maximum atomic E-state index is 12.6. The number of amides is 2. The van der Waals surface area contributed by atoms with Gasteiger partial charge in [-0.1, -0.05) is 50.3 Å². The normalized spacial score (nSPS) is 12.3. The van der Waals surface area contributed by atoms with E-state index in [0.29, 0.717) is 17.0 Å². The van der Waals surface area contributed by atoms with Crippen LogP contribution in [0.4, 0.5) is 10.5 Å². The smallest absolute Gasteiger partial charge is 0.412 e. The second-order valence-corrected chi connectivity index (χ2v) is 7.05. The minimum atomic E-state index is -0.823. The molecule has 0 saturated heterocycles. The number of aliphatic hydroxyl groups is 1. The van der Waals surface area contributed by atoms with Crippen molar-refractivity contribution in [3.8, 4) is 5.75 Å². The molecule has 2 aromatic carbocycles. The Morgan fingerprint density at radius 2 is 1.87 bits per heavy atom. The molecule has 160 valence electrons. The summed E-state index contributed by atoms with van der Waals surface area (Å²) in [4.78, 5) is 24.0. The first-order chi connectivity index (χ1) is 14.4. The van der Waals surface area contributed by atoms with Crippen molar-refractivity contribution in [1.29, 1.82) is 0 Å². The summed E-state index contributed by atoms with van der Waals surface area (Å²) in [5.41, 5.74) is 1.92. The molecular weight excluding hydrogens is 388 g/mol. The Morgan fingerprint density at radius 3 is 2.53 bits per heavy atom. The number of hydrogen-bond donors (Lipinski definition) is 4. The zero-order valence-electron chi connectivity index (χ0n) is 16.9. The van der Waals surface area contributed by atoms with Crippen LogP contribution in [0.2, 0.25) is 0 Å². The van der Waals surface area contributed by atoms with Gasteiger partial charge in [-0.2, -0.15) is 0 Å². The average Bonchev–Trinajstić information content (AvgIpc) is 2.75. The van der Waals surface area contributed by atoms with Crippen LogP contribution >= 0.6 is 0 Å². The topological polar surface area (TPSA) is 117 Å². The minimum Gasteiger partial charge on any atom is -0.491 e. The number of hydrogen-bond acceptors (Lipinski definition) is 6. The Morgan fingerprint density at radius 1 is 1.13 bits per heavy atom. The van der Waals surface area contributed by atoms with Gasteiger partial charge in [-0.25, -0.2) is 10.3 Å². The third kappa shape index (κ3) is 6.91. The van der Waals surface area contributed by atoms with E-state index in [1.165, 1.54) is 5.48 Å². The van der Waals surface area contributed by atoms with Gasteiger partial charge in [-0.15, -0.1) is 0 Å². The van der Waals surface area contributed by atoms with Crippen molar-refractivity contribution in [1.82, 2.24) is 5.48 Å². The van der Waals surface area contributed by atoms with Gasteiger partial charge in [-0.3, -0.25) is 15.3 Å². The lowest BCUT2D eigenvalue weighted by atomic mass is 9.82. The lowest BCUT2D eigenvalue weighted by Gasteiger charge is -2.32. The molecule has 0 aliphatic rings. The molecule has 0 saturated carbocycles. The number of aliphatic hydroxyl groups excluding tert-OH is 1. The monoisotopic (exact) mass is 414 g/mol. The van der Waals surface area contributed by atoms with Crippen LogP contribution in [0.15, 0.2) is 66.7 Å². The molecule has 30 heavy (non-hydrogen) atoms. The summed E-state index contributed by atoms with van der Waals surface area (Å²) in [6.07, 6.45) is 1.25. The molecule has 2 aromatic rings. The number of anilines is 1. The molecule has 0 spiro atoms. The first-order valence-corrected chi connectivity index (χ1v) is 9.35. The van der Waals surface area contributed by atoms with Gasteiger partial charge in [0, 0.05) is 17.2 Å². The molecule has 0 bridgehead atoms. The van der Waals surface area contributed by atoms with Gasteiger partial charge in [0.05, 0.1) is 6.61 Å². The molecule has 0 radical (unpaired) electrons. The highest BCUT2D eigenvalue weighted by Crippen LogP contribution is 2.39. The van der Waals surface area contributed by atoms with Crippen molar-refractivity contribution >= 4 is 17.7 Å². The highest BCUT2D eigenvalue weighted by atomic mass is 16.6. The number of rotatable bonds is 9. The van der Waals surface area contributed by atoms with Crippen LogP contribution in [0.25, 0.3) is 0 Å². The summed E-state index contributed by atoms with van der Waals surface area (Å²) >= 11 is 0. The van der Waals surface area contributed by atoms with Gasteiger partial charge in [0.1, 0.15) is 18.5 Å². The second kappa shape index (κ2) is 11.0. The van der Waals surface area contributed by atoms with Crippen molar-refractivity contribution in [2.45, 2.75) is 20.0 Å². The summed E-state index contributed by atoms with van der Waals surface area (Å²) in [7, 11) is 0. The lowest BCUT2D eigenvalue weighted by Crippen LogP contribution is -2.28.